The van der Waals surface area contributed by atoms with Gasteiger partial charge >= 0.3 is 0 Å². The molecule has 1 N–H and O–H groups in total. The molecule has 0 unspecified atom stereocenters. The fourth-order valence-corrected chi connectivity index (χ4v) is 2.82. The van der Waals surface area contributed by atoms with Crippen molar-refractivity contribution < 1.29 is 14.3 Å². The molecule has 0 heterocycles. The molecule has 0 spiro atoms. The van der Waals surface area contributed by atoms with Crippen LogP contribution >= 0.6 is 11.6 Å². The van der Waals surface area contributed by atoms with Crippen molar-refractivity contribution in [3.05, 3.63) is 100 Å². The van der Waals surface area contributed by atoms with E-state index in [1.807, 2.05) is 24.3 Å². The number of carbonyl (C=O) groups is 2. The number of rotatable bonds is 6. The number of ether oxygens (including phenoxy) is 1. The number of amides is 1. The number of ketones is 1. The number of methoxy groups -OCH3 is 1. The Labute approximate surface area is 162 Å². The van der Waals surface area contributed by atoms with E-state index in [1.165, 1.54) is 0 Å². The van der Waals surface area contributed by atoms with Crippen molar-refractivity contribution in [2.45, 2.75) is 6.54 Å². The van der Waals surface area contributed by atoms with Crippen LogP contribution in [0.15, 0.2) is 72.8 Å². The van der Waals surface area contributed by atoms with Gasteiger partial charge in [0.15, 0.2) is 5.78 Å². The first-order valence-corrected chi connectivity index (χ1v) is 8.76. The lowest BCUT2D eigenvalue weighted by Crippen LogP contribution is -2.25. The highest BCUT2D eigenvalue weighted by Crippen LogP contribution is 2.18. The second kappa shape index (κ2) is 8.52. The summed E-state index contributed by atoms with van der Waals surface area (Å²) in [6.45, 7) is 0.333. The Morgan fingerprint density at radius 1 is 0.926 bits per heavy atom. The average Bonchev–Trinajstić information content (AvgIpc) is 2.72. The average molecular weight is 380 g/mol. The van der Waals surface area contributed by atoms with Gasteiger partial charge in [0, 0.05) is 22.7 Å². The van der Waals surface area contributed by atoms with E-state index in [2.05, 4.69) is 5.32 Å². The van der Waals surface area contributed by atoms with Gasteiger partial charge < -0.3 is 10.1 Å². The highest BCUT2D eigenvalue weighted by molar-refractivity contribution is 6.30. The van der Waals surface area contributed by atoms with Crippen LogP contribution in [0.5, 0.6) is 5.75 Å². The molecule has 0 aliphatic carbocycles. The van der Waals surface area contributed by atoms with Gasteiger partial charge in [-0.15, -0.1) is 0 Å². The molecule has 4 nitrogen and oxygen atoms in total. The van der Waals surface area contributed by atoms with Crippen molar-refractivity contribution in [3.8, 4) is 5.75 Å². The molecule has 3 aromatic carbocycles. The fourth-order valence-electron chi connectivity index (χ4n) is 2.70. The predicted octanol–water partition coefficient (Wildman–Crippen LogP) is 4.51. The predicted molar refractivity (Wildman–Crippen MR) is 105 cm³/mol. The maximum absolute atomic E-state index is 12.8. The van der Waals surface area contributed by atoms with Gasteiger partial charge in [0.05, 0.1) is 12.7 Å². The molecular formula is C22H18ClNO3. The van der Waals surface area contributed by atoms with Crippen LogP contribution in [0.2, 0.25) is 5.02 Å². The van der Waals surface area contributed by atoms with Crippen LogP contribution in [0.4, 0.5) is 0 Å². The molecule has 0 aliphatic rings. The third-order valence-electron chi connectivity index (χ3n) is 4.11. The van der Waals surface area contributed by atoms with Gasteiger partial charge in [-0.2, -0.15) is 0 Å². The summed E-state index contributed by atoms with van der Waals surface area (Å²) in [5.41, 5.74) is 2.07. The van der Waals surface area contributed by atoms with Crippen molar-refractivity contribution in [2.75, 3.05) is 7.11 Å². The molecule has 3 rings (SSSR count). The minimum absolute atomic E-state index is 0.223. The van der Waals surface area contributed by atoms with E-state index in [0.29, 0.717) is 28.3 Å². The zero-order valence-corrected chi connectivity index (χ0v) is 15.5. The van der Waals surface area contributed by atoms with Crippen LogP contribution in [-0.2, 0) is 6.54 Å². The van der Waals surface area contributed by atoms with E-state index >= 15 is 0 Å². The molecule has 0 radical (unpaired) electrons. The Balaban J connectivity index is 1.79. The largest absolute Gasteiger partial charge is 0.497 e. The van der Waals surface area contributed by atoms with Gasteiger partial charge in [-0.1, -0.05) is 41.9 Å². The van der Waals surface area contributed by atoms with Crippen LogP contribution < -0.4 is 10.1 Å². The lowest BCUT2D eigenvalue weighted by Gasteiger charge is -2.10. The van der Waals surface area contributed by atoms with Crippen LogP contribution in [-0.4, -0.2) is 18.8 Å². The Bertz CT molecular complexity index is 967. The number of hydrogen-bond acceptors (Lipinski definition) is 3. The smallest absolute Gasteiger partial charge is 0.252 e. The fraction of sp³-hybridized carbons (Fsp3) is 0.0909. The lowest BCUT2D eigenvalue weighted by molar-refractivity contribution is 0.0939. The molecule has 1 amide bonds. The summed E-state index contributed by atoms with van der Waals surface area (Å²) in [6, 6.07) is 20.8. The molecule has 0 saturated carbocycles. The highest BCUT2D eigenvalue weighted by atomic mass is 35.5. The molecule has 0 bridgehead atoms. The molecule has 3 aromatic rings. The standard InChI is InChI=1S/C22H18ClNO3/c1-27-18-6-4-5-15(13-18)14-24-22(26)20-8-3-2-7-19(20)21(25)16-9-11-17(23)12-10-16/h2-13H,14H2,1H3,(H,24,26). The third-order valence-corrected chi connectivity index (χ3v) is 4.36. The molecule has 0 saturated heterocycles. The summed E-state index contributed by atoms with van der Waals surface area (Å²) in [5.74, 6) is 0.189. The van der Waals surface area contributed by atoms with E-state index in [1.54, 1.807) is 55.6 Å². The Morgan fingerprint density at radius 3 is 2.33 bits per heavy atom. The van der Waals surface area contributed by atoms with E-state index < -0.39 is 0 Å². The van der Waals surface area contributed by atoms with Crippen molar-refractivity contribution >= 4 is 23.3 Å². The maximum Gasteiger partial charge on any atom is 0.252 e. The van der Waals surface area contributed by atoms with Gasteiger partial charge in [0.1, 0.15) is 5.75 Å². The first kappa shape index (κ1) is 18.7. The quantitative estimate of drug-likeness (QED) is 0.641. The second-order valence-corrected chi connectivity index (χ2v) is 6.35. The summed E-state index contributed by atoms with van der Waals surface area (Å²) < 4.78 is 5.19. The minimum atomic E-state index is -0.310. The summed E-state index contributed by atoms with van der Waals surface area (Å²) in [7, 11) is 1.59. The van der Waals surface area contributed by atoms with Crippen LogP contribution in [0.1, 0.15) is 31.8 Å². The third kappa shape index (κ3) is 4.54. The van der Waals surface area contributed by atoms with Crippen molar-refractivity contribution in [2.24, 2.45) is 0 Å². The van der Waals surface area contributed by atoms with E-state index in [9.17, 15) is 9.59 Å². The van der Waals surface area contributed by atoms with Gasteiger partial charge in [0.25, 0.3) is 5.91 Å². The number of nitrogens with one attached hydrogen (secondary N) is 1. The normalized spacial score (nSPS) is 10.3. The highest BCUT2D eigenvalue weighted by Gasteiger charge is 2.17. The second-order valence-electron chi connectivity index (χ2n) is 5.92. The van der Waals surface area contributed by atoms with Gasteiger partial charge in [-0.05, 0) is 48.0 Å². The van der Waals surface area contributed by atoms with Gasteiger partial charge in [0.2, 0.25) is 0 Å². The number of hydrogen-bond donors (Lipinski definition) is 1. The molecule has 0 aliphatic heterocycles. The molecule has 136 valence electrons. The summed E-state index contributed by atoms with van der Waals surface area (Å²) in [5, 5.41) is 3.41. The van der Waals surface area contributed by atoms with Crippen molar-refractivity contribution in [3.63, 3.8) is 0 Å². The van der Waals surface area contributed by atoms with Crippen LogP contribution in [0.25, 0.3) is 0 Å². The summed E-state index contributed by atoms with van der Waals surface area (Å²) in [4.78, 5) is 25.5. The molecule has 5 heteroatoms. The Kier molecular flexibility index (Phi) is 5.89. The number of halogens is 1. The van der Waals surface area contributed by atoms with E-state index in [4.69, 9.17) is 16.3 Å². The van der Waals surface area contributed by atoms with Gasteiger partial charge in [-0.25, -0.2) is 0 Å². The number of benzene rings is 3. The lowest BCUT2D eigenvalue weighted by atomic mass is 9.98. The van der Waals surface area contributed by atoms with E-state index in [-0.39, 0.29) is 11.7 Å². The monoisotopic (exact) mass is 379 g/mol. The topological polar surface area (TPSA) is 55.4 Å². The zero-order chi connectivity index (χ0) is 19.2. The number of carbonyl (C=O) groups excluding carboxylic acids is 2. The maximum atomic E-state index is 12.8. The molecule has 0 aromatic heterocycles. The Morgan fingerprint density at radius 2 is 1.63 bits per heavy atom. The zero-order valence-electron chi connectivity index (χ0n) is 14.7. The minimum Gasteiger partial charge on any atom is -0.497 e. The van der Waals surface area contributed by atoms with E-state index in [0.717, 1.165) is 11.3 Å². The Hall–Kier alpha value is -3.11. The SMILES string of the molecule is COc1cccc(CNC(=O)c2ccccc2C(=O)c2ccc(Cl)cc2)c1. The first-order valence-electron chi connectivity index (χ1n) is 8.39. The molecular weight excluding hydrogens is 362 g/mol. The van der Waals surface area contributed by atoms with Crippen LogP contribution in [0.3, 0.4) is 0 Å². The van der Waals surface area contributed by atoms with Crippen molar-refractivity contribution in [1.82, 2.24) is 5.32 Å². The summed E-state index contributed by atoms with van der Waals surface area (Å²) in [6.07, 6.45) is 0. The molecule has 0 fully saturated rings. The summed E-state index contributed by atoms with van der Waals surface area (Å²) >= 11 is 5.88. The first-order chi connectivity index (χ1) is 13.1. The van der Waals surface area contributed by atoms with Gasteiger partial charge in [-0.3, -0.25) is 9.59 Å². The molecule has 0 atom stereocenters. The van der Waals surface area contributed by atoms with Crippen molar-refractivity contribution in [1.29, 1.82) is 0 Å². The molecule has 27 heavy (non-hydrogen) atoms. The van der Waals surface area contributed by atoms with Crippen LogP contribution in [0, 0.1) is 0 Å².